The molecule has 1 saturated heterocycles. The third-order valence-electron chi connectivity index (χ3n) is 3.87. The Bertz CT molecular complexity index is 720. The predicted octanol–water partition coefficient (Wildman–Crippen LogP) is 3.59. The molecule has 3 rings (SSSR count). The van der Waals surface area contributed by atoms with Crippen molar-refractivity contribution >= 4 is 36.3 Å². The Hall–Kier alpha value is -0.312. The molecule has 0 aromatic heterocycles. The average molecular weight is 578 g/mol. The first kappa shape index (κ1) is 31.9. The first-order chi connectivity index (χ1) is 13.1. The maximum absolute atomic E-state index is 12.1. The third kappa shape index (κ3) is 9.45. The summed E-state index contributed by atoms with van der Waals surface area (Å²) in [6.45, 7) is 4.00. The van der Waals surface area contributed by atoms with Gasteiger partial charge in [-0.1, -0.05) is 74.5 Å². The molecule has 156 valence electrons. The van der Waals surface area contributed by atoms with Gasteiger partial charge in [0.15, 0.2) is 0 Å². The molecular weight excluding hydrogens is 551 g/mol. The molecule has 1 heterocycles. The molecular formula is C22H27NO4PY2-. The van der Waals surface area contributed by atoms with Crippen molar-refractivity contribution in [2.75, 3.05) is 6.16 Å². The first-order valence-electron chi connectivity index (χ1n) is 9.09. The molecule has 1 aliphatic heterocycles. The van der Waals surface area contributed by atoms with E-state index in [0.717, 1.165) is 0 Å². The van der Waals surface area contributed by atoms with Gasteiger partial charge in [0.2, 0.25) is 0 Å². The molecule has 2 amide bonds. The summed E-state index contributed by atoms with van der Waals surface area (Å²) in [6.07, 6.45) is 0.949. The fraction of sp³-hybridized carbons (Fsp3) is 0.273. The van der Waals surface area contributed by atoms with Crippen LogP contribution < -0.4 is 10.6 Å². The van der Waals surface area contributed by atoms with E-state index in [1.165, 1.54) is 10.6 Å². The van der Waals surface area contributed by atoms with Gasteiger partial charge >= 0.3 is 5.97 Å². The average Bonchev–Trinajstić information content (AvgIpc) is 3.03. The Labute approximate surface area is 231 Å². The van der Waals surface area contributed by atoms with Crippen LogP contribution in [0, 0.1) is 7.43 Å². The fourth-order valence-corrected chi connectivity index (χ4v) is 4.92. The third-order valence-corrected chi connectivity index (χ3v) is 6.39. The van der Waals surface area contributed by atoms with Gasteiger partial charge in [-0.15, -0.1) is 5.06 Å². The number of hydroxylamine groups is 2. The zero-order chi connectivity index (χ0) is 19.6. The molecule has 0 atom stereocenters. The van der Waals surface area contributed by atoms with E-state index in [0.29, 0.717) is 11.2 Å². The maximum Gasteiger partial charge on any atom is 0.333 e. The van der Waals surface area contributed by atoms with Crippen LogP contribution in [0.2, 0.25) is 0 Å². The number of hydrogen-bond donors (Lipinski definition) is 0. The molecule has 2 aromatic rings. The SMILES string of the molecule is CC.O=C(CCP(c1ccccc1)c1ccccc1)ON1C(=O)CCC1=O.[CH3-].[Y].[Y]. The van der Waals surface area contributed by atoms with Crippen LogP contribution in [-0.2, 0) is 84.6 Å². The van der Waals surface area contributed by atoms with Crippen molar-refractivity contribution in [3.05, 3.63) is 68.1 Å². The van der Waals surface area contributed by atoms with Gasteiger partial charge < -0.3 is 12.3 Å². The number of rotatable bonds is 6. The number of carbonyl (C=O) groups excluding carboxylic acids is 3. The van der Waals surface area contributed by atoms with Gasteiger partial charge in [0.05, 0.1) is 6.42 Å². The number of carbonyl (C=O) groups is 3. The largest absolute Gasteiger partial charge is 0.358 e. The minimum absolute atomic E-state index is 0. The Balaban J connectivity index is 0. The number of nitrogens with zero attached hydrogens (tertiary/aromatic N) is 1. The van der Waals surface area contributed by atoms with Crippen LogP contribution in [0.25, 0.3) is 0 Å². The number of benzene rings is 2. The van der Waals surface area contributed by atoms with Crippen molar-refractivity contribution in [2.24, 2.45) is 0 Å². The van der Waals surface area contributed by atoms with Gasteiger partial charge in [-0.25, -0.2) is 4.79 Å². The van der Waals surface area contributed by atoms with E-state index < -0.39 is 25.7 Å². The van der Waals surface area contributed by atoms with Gasteiger partial charge in [-0.2, -0.15) is 0 Å². The van der Waals surface area contributed by atoms with Gasteiger partial charge in [0.25, 0.3) is 11.8 Å². The summed E-state index contributed by atoms with van der Waals surface area (Å²) < 4.78 is 0. The second-order valence-corrected chi connectivity index (χ2v) is 7.95. The summed E-state index contributed by atoms with van der Waals surface area (Å²) in [7, 11) is -0.713. The molecule has 0 aliphatic carbocycles. The van der Waals surface area contributed by atoms with Crippen LogP contribution in [0.5, 0.6) is 0 Å². The Morgan fingerprint density at radius 3 is 1.67 bits per heavy atom. The van der Waals surface area contributed by atoms with Gasteiger partial charge in [-0.05, 0) is 24.7 Å². The Kier molecular flexibility index (Phi) is 18.3. The summed E-state index contributed by atoms with van der Waals surface area (Å²) in [4.78, 5) is 40.1. The second-order valence-electron chi connectivity index (χ2n) is 5.62. The van der Waals surface area contributed by atoms with Gasteiger partial charge in [0, 0.05) is 78.3 Å². The molecule has 1 fully saturated rings. The number of imide groups is 1. The molecule has 0 bridgehead atoms. The van der Waals surface area contributed by atoms with Crippen LogP contribution in [-0.4, -0.2) is 29.0 Å². The molecule has 0 unspecified atom stereocenters. The Morgan fingerprint density at radius 2 is 1.27 bits per heavy atom. The minimum atomic E-state index is -0.713. The summed E-state index contributed by atoms with van der Waals surface area (Å²) in [5, 5.41) is 2.95. The van der Waals surface area contributed by atoms with E-state index >= 15 is 0 Å². The number of amides is 2. The van der Waals surface area contributed by atoms with E-state index in [1.54, 1.807) is 0 Å². The molecule has 2 radical (unpaired) electrons. The van der Waals surface area contributed by atoms with Crippen LogP contribution in [0.4, 0.5) is 0 Å². The van der Waals surface area contributed by atoms with Crippen molar-refractivity contribution in [3.63, 3.8) is 0 Å². The summed E-state index contributed by atoms with van der Waals surface area (Å²) in [6, 6.07) is 20.0. The zero-order valence-corrected chi connectivity index (χ0v) is 24.4. The van der Waals surface area contributed by atoms with E-state index in [4.69, 9.17) is 4.84 Å². The number of hydrogen-bond acceptors (Lipinski definition) is 4. The van der Waals surface area contributed by atoms with Crippen molar-refractivity contribution < 1.29 is 84.6 Å². The van der Waals surface area contributed by atoms with Crippen LogP contribution in [0.1, 0.15) is 33.1 Å². The van der Waals surface area contributed by atoms with Crippen LogP contribution in [0.3, 0.4) is 0 Å². The smallest absolute Gasteiger partial charge is 0.333 e. The molecule has 1 aliphatic rings. The first-order valence-corrected chi connectivity index (χ1v) is 10.6. The monoisotopic (exact) mass is 578 g/mol. The summed E-state index contributed by atoms with van der Waals surface area (Å²) in [5.41, 5.74) is 0. The minimum Gasteiger partial charge on any atom is -0.358 e. The molecule has 0 saturated carbocycles. The molecule has 8 heteroatoms. The predicted molar refractivity (Wildman–Crippen MR) is 113 cm³/mol. The fourth-order valence-electron chi connectivity index (χ4n) is 2.63. The molecule has 0 N–H and O–H groups in total. The normalized spacial score (nSPS) is 12.0. The van der Waals surface area contributed by atoms with Crippen LogP contribution >= 0.6 is 7.92 Å². The van der Waals surface area contributed by atoms with E-state index in [2.05, 4.69) is 24.3 Å². The Morgan fingerprint density at radius 1 is 0.867 bits per heavy atom. The van der Waals surface area contributed by atoms with Gasteiger partial charge in [-0.3, -0.25) is 9.59 Å². The van der Waals surface area contributed by atoms with Crippen molar-refractivity contribution in [1.29, 1.82) is 0 Å². The topological polar surface area (TPSA) is 63.7 Å². The maximum atomic E-state index is 12.1. The van der Waals surface area contributed by atoms with E-state index in [1.807, 2.05) is 50.2 Å². The molecule has 30 heavy (non-hydrogen) atoms. The van der Waals surface area contributed by atoms with Gasteiger partial charge in [0.1, 0.15) is 0 Å². The molecule has 2 aromatic carbocycles. The van der Waals surface area contributed by atoms with Crippen molar-refractivity contribution in [3.8, 4) is 0 Å². The zero-order valence-electron chi connectivity index (χ0n) is 17.8. The molecule has 5 nitrogen and oxygen atoms in total. The van der Waals surface area contributed by atoms with Crippen molar-refractivity contribution in [2.45, 2.75) is 33.1 Å². The molecule has 0 spiro atoms. The van der Waals surface area contributed by atoms with E-state index in [-0.39, 0.29) is 92.1 Å². The van der Waals surface area contributed by atoms with Crippen LogP contribution in [0.15, 0.2) is 60.7 Å². The second kappa shape index (κ2) is 17.3. The van der Waals surface area contributed by atoms with Crippen molar-refractivity contribution in [1.82, 2.24) is 5.06 Å². The quantitative estimate of drug-likeness (QED) is 0.299. The van der Waals surface area contributed by atoms with E-state index in [9.17, 15) is 14.4 Å². The summed E-state index contributed by atoms with van der Waals surface area (Å²) in [5.74, 6) is -1.46. The summed E-state index contributed by atoms with van der Waals surface area (Å²) >= 11 is 0. The standard InChI is InChI=1S/C19H18NO4P.C2H6.CH3.2Y/c21-17-11-12-18(22)20(17)24-19(23)13-14-25(15-7-3-1-4-8-15)16-9-5-2-6-10-16;1-2;;;/h1-10H,11-14H2;1-2H3;1H3;;/q;;-1;;.